The average molecular weight is 181 g/mol. The van der Waals surface area contributed by atoms with Crippen molar-refractivity contribution in [3.8, 4) is 5.75 Å². The van der Waals surface area contributed by atoms with E-state index in [0.717, 1.165) is 11.4 Å². The lowest BCUT2D eigenvalue weighted by molar-refractivity contribution is 0.208. The van der Waals surface area contributed by atoms with Crippen LogP contribution in [0.2, 0.25) is 0 Å². The maximum Gasteiger partial charge on any atom is 0.120 e. The van der Waals surface area contributed by atoms with Gasteiger partial charge in [0.2, 0.25) is 0 Å². The lowest BCUT2D eigenvalue weighted by Gasteiger charge is -2.09. The Morgan fingerprint density at radius 2 is 2.31 bits per heavy atom. The van der Waals surface area contributed by atoms with Crippen LogP contribution in [-0.2, 0) is 0 Å². The van der Waals surface area contributed by atoms with Gasteiger partial charge in [0.15, 0.2) is 0 Å². The second-order valence-electron chi connectivity index (χ2n) is 2.96. The van der Waals surface area contributed by atoms with E-state index in [1.807, 2.05) is 24.3 Å². The van der Waals surface area contributed by atoms with Crippen LogP contribution in [0.15, 0.2) is 24.3 Å². The molecule has 0 amide bonds. The number of hydrogen-bond donors (Lipinski definition) is 2. The Bertz CT molecular complexity index is 261. The molecule has 13 heavy (non-hydrogen) atoms. The van der Waals surface area contributed by atoms with Gasteiger partial charge < -0.3 is 15.2 Å². The van der Waals surface area contributed by atoms with Gasteiger partial charge in [-0.25, -0.2) is 0 Å². The van der Waals surface area contributed by atoms with Crippen LogP contribution >= 0.6 is 0 Å². The first-order valence-electron chi connectivity index (χ1n) is 4.28. The Labute approximate surface area is 78.3 Å². The molecular formula is C10H15NO2. The van der Waals surface area contributed by atoms with Gasteiger partial charge in [-0.05, 0) is 19.1 Å². The van der Waals surface area contributed by atoms with Gasteiger partial charge in [0.05, 0.1) is 13.2 Å². The summed E-state index contributed by atoms with van der Waals surface area (Å²) in [5.74, 6) is 0.815. The second kappa shape index (κ2) is 4.72. The smallest absolute Gasteiger partial charge is 0.120 e. The highest BCUT2D eigenvalue weighted by Crippen LogP contribution is 2.16. The van der Waals surface area contributed by atoms with E-state index in [9.17, 15) is 0 Å². The standard InChI is InChI=1S/C10H15NO2/c1-8(12)7-11-9-4-3-5-10(6-9)13-2/h3-6,8,11-12H,7H2,1-2H3. The predicted octanol–water partition coefficient (Wildman–Crippen LogP) is 1.49. The van der Waals surface area contributed by atoms with E-state index in [-0.39, 0.29) is 6.10 Å². The summed E-state index contributed by atoms with van der Waals surface area (Å²) in [4.78, 5) is 0. The minimum absolute atomic E-state index is 0.341. The molecule has 1 atom stereocenters. The fraction of sp³-hybridized carbons (Fsp3) is 0.400. The molecule has 1 aromatic rings. The van der Waals surface area contributed by atoms with Gasteiger partial charge in [-0.3, -0.25) is 0 Å². The highest BCUT2D eigenvalue weighted by atomic mass is 16.5. The Hall–Kier alpha value is -1.22. The maximum absolute atomic E-state index is 9.05. The third-order valence-corrected chi connectivity index (χ3v) is 1.67. The van der Waals surface area contributed by atoms with Crippen molar-refractivity contribution in [1.82, 2.24) is 0 Å². The first-order valence-corrected chi connectivity index (χ1v) is 4.28. The average Bonchev–Trinajstić information content (AvgIpc) is 2.15. The monoisotopic (exact) mass is 181 g/mol. The van der Waals surface area contributed by atoms with Gasteiger partial charge in [-0.2, -0.15) is 0 Å². The molecule has 0 heterocycles. The highest BCUT2D eigenvalue weighted by Gasteiger charge is 1.97. The Morgan fingerprint density at radius 3 is 2.92 bits per heavy atom. The summed E-state index contributed by atoms with van der Waals surface area (Å²) in [7, 11) is 1.63. The van der Waals surface area contributed by atoms with Gasteiger partial charge in [0.25, 0.3) is 0 Å². The molecular weight excluding hydrogens is 166 g/mol. The SMILES string of the molecule is COc1cccc(NCC(C)O)c1. The zero-order chi connectivity index (χ0) is 9.68. The molecule has 3 nitrogen and oxygen atoms in total. The number of aliphatic hydroxyl groups is 1. The molecule has 1 aromatic carbocycles. The largest absolute Gasteiger partial charge is 0.497 e. The molecule has 0 aliphatic rings. The zero-order valence-electron chi connectivity index (χ0n) is 7.95. The van der Waals surface area contributed by atoms with Crippen molar-refractivity contribution in [2.24, 2.45) is 0 Å². The van der Waals surface area contributed by atoms with Gasteiger partial charge in [-0.1, -0.05) is 6.07 Å². The van der Waals surface area contributed by atoms with Crippen molar-refractivity contribution >= 4 is 5.69 Å². The van der Waals surface area contributed by atoms with Crippen LogP contribution < -0.4 is 10.1 Å². The molecule has 3 heteroatoms. The fourth-order valence-electron chi connectivity index (χ4n) is 0.999. The molecule has 0 spiro atoms. The normalized spacial score (nSPS) is 12.2. The summed E-state index contributed by atoms with van der Waals surface area (Å²) in [5, 5.41) is 12.1. The van der Waals surface area contributed by atoms with Crippen LogP contribution in [0, 0.1) is 0 Å². The molecule has 0 aromatic heterocycles. The number of anilines is 1. The third kappa shape index (κ3) is 3.34. The molecule has 0 aliphatic carbocycles. The summed E-state index contributed by atoms with van der Waals surface area (Å²) in [6.45, 7) is 2.29. The molecule has 72 valence electrons. The quantitative estimate of drug-likeness (QED) is 0.739. The van der Waals surface area contributed by atoms with E-state index < -0.39 is 0 Å². The topological polar surface area (TPSA) is 41.5 Å². The van der Waals surface area contributed by atoms with E-state index in [0.29, 0.717) is 6.54 Å². The molecule has 0 saturated carbocycles. The van der Waals surface area contributed by atoms with Gasteiger partial charge in [-0.15, -0.1) is 0 Å². The second-order valence-corrected chi connectivity index (χ2v) is 2.96. The number of nitrogens with one attached hydrogen (secondary N) is 1. The molecule has 0 radical (unpaired) electrons. The van der Waals surface area contributed by atoms with Crippen molar-refractivity contribution in [2.45, 2.75) is 13.0 Å². The lowest BCUT2D eigenvalue weighted by Crippen LogP contribution is -2.15. The molecule has 2 N–H and O–H groups in total. The highest BCUT2D eigenvalue weighted by molar-refractivity contribution is 5.48. The van der Waals surface area contributed by atoms with E-state index in [4.69, 9.17) is 9.84 Å². The van der Waals surface area contributed by atoms with Crippen molar-refractivity contribution < 1.29 is 9.84 Å². The minimum atomic E-state index is -0.341. The van der Waals surface area contributed by atoms with Crippen LogP contribution in [0.25, 0.3) is 0 Å². The zero-order valence-corrected chi connectivity index (χ0v) is 7.95. The molecule has 0 aliphatic heterocycles. The van der Waals surface area contributed by atoms with Crippen molar-refractivity contribution in [1.29, 1.82) is 0 Å². The van der Waals surface area contributed by atoms with Crippen LogP contribution in [0.4, 0.5) is 5.69 Å². The van der Waals surface area contributed by atoms with E-state index >= 15 is 0 Å². The minimum Gasteiger partial charge on any atom is -0.497 e. The number of benzene rings is 1. The summed E-state index contributed by atoms with van der Waals surface area (Å²) in [5.41, 5.74) is 0.959. The summed E-state index contributed by atoms with van der Waals surface area (Å²) < 4.78 is 5.06. The molecule has 0 saturated heterocycles. The van der Waals surface area contributed by atoms with Gasteiger partial charge in [0, 0.05) is 18.3 Å². The first-order chi connectivity index (χ1) is 6.22. The Morgan fingerprint density at radius 1 is 1.54 bits per heavy atom. The van der Waals surface area contributed by atoms with Gasteiger partial charge >= 0.3 is 0 Å². The number of methoxy groups -OCH3 is 1. The van der Waals surface area contributed by atoms with Crippen molar-refractivity contribution in [3.63, 3.8) is 0 Å². The van der Waals surface area contributed by atoms with Gasteiger partial charge in [0.1, 0.15) is 5.75 Å². The summed E-state index contributed by atoms with van der Waals surface area (Å²) in [6.07, 6.45) is -0.341. The molecule has 0 bridgehead atoms. The molecule has 1 unspecified atom stereocenters. The van der Waals surface area contributed by atoms with E-state index in [1.54, 1.807) is 14.0 Å². The first kappa shape index (κ1) is 9.86. The molecule has 1 rings (SSSR count). The van der Waals surface area contributed by atoms with Crippen LogP contribution in [-0.4, -0.2) is 24.9 Å². The number of aliphatic hydroxyl groups excluding tert-OH is 1. The van der Waals surface area contributed by atoms with Crippen LogP contribution in [0.5, 0.6) is 5.75 Å². The third-order valence-electron chi connectivity index (χ3n) is 1.67. The van der Waals surface area contributed by atoms with Crippen molar-refractivity contribution in [2.75, 3.05) is 19.0 Å². The maximum atomic E-state index is 9.05. The molecule has 0 fully saturated rings. The van der Waals surface area contributed by atoms with E-state index in [1.165, 1.54) is 0 Å². The number of ether oxygens (including phenoxy) is 1. The van der Waals surface area contributed by atoms with Crippen molar-refractivity contribution in [3.05, 3.63) is 24.3 Å². The summed E-state index contributed by atoms with van der Waals surface area (Å²) >= 11 is 0. The number of rotatable bonds is 4. The van der Waals surface area contributed by atoms with Crippen LogP contribution in [0.1, 0.15) is 6.92 Å². The van der Waals surface area contributed by atoms with Crippen LogP contribution in [0.3, 0.4) is 0 Å². The number of hydrogen-bond acceptors (Lipinski definition) is 3. The van der Waals surface area contributed by atoms with E-state index in [2.05, 4.69) is 5.32 Å². The Kier molecular flexibility index (Phi) is 3.58. The fourth-order valence-corrected chi connectivity index (χ4v) is 0.999. The Balaban J connectivity index is 2.56. The predicted molar refractivity (Wildman–Crippen MR) is 53.2 cm³/mol. The summed E-state index contributed by atoms with van der Waals surface area (Å²) in [6, 6.07) is 7.62. The lowest BCUT2D eigenvalue weighted by atomic mass is 10.3.